The molecule has 2 aliphatic rings. The lowest BCUT2D eigenvalue weighted by molar-refractivity contribution is 0.935. The summed E-state index contributed by atoms with van der Waals surface area (Å²) in [5.74, 6) is 0. The molecule has 3 nitrogen and oxygen atoms in total. The van der Waals surface area contributed by atoms with Crippen LogP contribution in [0.25, 0.3) is 11.3 Å². The van der Waals surface area contributed by atoms with Gasteiger partial charge < -0.3 is 4.90 Å². The molecule has 0 unspecified atom stereocenters. The smallest absolute Gasteiger partial charge is 0.141 e. The third kappa shape index (κ3) is 3.90. The fraction of sp³-hybridized carbons (Fsp3) is 0.125. The molecule has 2 aromatic heterocycles. The van der Waals surface area contributed by atoms with Crippen molar-refractivity contribution < 1.29 is 0 Å². The van der Waals surface area contributed by atoms with Crippen LogP contribution in [0, 0.1) is 0 Å². The van der Waals surface area contributed by atoms with Gasteiger partial charge in [0.15, 0.2) is 0 Å². The summed E-state index contributed by atoms with van der Waals surface area (Å²) in [7, 11) is -1.89. The molecule has 5 heteroatoms. The van der Waals surface area contributed by atoms with Crippen molar-refractivity contribution in [3.63, 3.8) is 0 Å². The zero-order chi connectivity index (χ0) is 24.7. The van der Waals surface area contributed by atoms with E-state index in [0.29, 0.717) is 0 Å². The zero-order valence-corrected chi connectivity index (χ0v) is 22.4. The zero-order valence-electron chi connectivity index (χ0n) is 20.5. The van der Waals surface area contributed by atoms with Crippen LogP contribution in [-0.4, -0.2) is 18.0 Å². The molecule has 0 spiro atoms. The first-order valence-electron chi connectivity index (χ1n) is 13.0. The fourth-order valence-electron chi connectivity index (χ4n) is 5.99. The van der Waals surface area contributed by atoms with E-state index in [1.54, 1.807) is 0 Å². The Hall–Kier alpha value is -3.67. The second kappa shape index (κ2) is 9.33. The summed E-state index contributed by atoms with van der Waals surface area (Å²) in [6.07, 6.45) is 6.43. The van der Waals surface area contributed by atoms with Gasteiger partial charge in [-0.2, -0.15) is 0 Å². The molecule has 7 rings (SSSR count). The highest BCUT2D eigenvalue weighted by Gasteiger charge is 2.42. The van der Waals surface area contributed by atoms with E-state index in [-0.39, 0.29) is 0 Å². The third-order valence-corrected chi connectivity index (χ3v) is 14.0. The first kappa shape index (κ1) is 22.5. The number of hydrogen-bond donors (Lipinski definition) is 0. The molecule has 2 aliphatic heterocycles. The standard InChI is InChI=1S/C32H27N3SSi/c1-2-14-30-28(13-1)35(25-11-9-10-24(22-25)27-12-3-5-18-33-27)29-23-26(16-17-31(29)36-30)37(20-7-8-21-37)32-15-4-6-19-34-32/h1-6,9-19,22-23H,7-8,20-21H2. The van der Waals surface area contributed by atoms with Crippen LogP contribution in [0.5, 0.6) is 0 Å². The second-order valence-electron chi connectivity index (χ2n) is 9.86. The van der Waals surface area contributed by atoms with E-state index in [2.05, 4.69) is 94.8 Å². The lowest BCUT2D eigenvalue weighted by atomic mass is 10.1. The minimum Gasteiger partial charge on any atom is -0.308 e. The molecule has 180 valence electrons. The summed E-state index contributed by atoms with van der Waals surface area (Å²) in [4.78, 5) is 14.6. The molecule has 1 fully saturated rings. The van der Waals surface area contributed by atoms with Gasteiger partial charge in [0.1, 0.15) is 8.07 Å². The van der Waals surface area contributed by atoms with E-state index in [9.17, 15) is 0 Å². The summed E-state index contributed by atoms with van der Waals surface area (Å²) in [5.41, 5.74) is 5.78. The van der Waals surface area contributed by atoms with Gasteiger partial charge in [-0.3, -0.25) is 9.97 Å². The fourth-order valence-corrected chi connectivity index (χ4v) is 11.9. The van der Waals surface area contributed by atoms with Crippen molar-refractivity contribution >= 4 is 47.4 Å². The highest BCUT2D eigenvalue weighted by Crippen LogP contribution is 2.51. The quantitative estimate of drug-likeness (QED) is 0.229. The van der Waals surface area contributed by atoms with Crippen LogP contribution in [0.15, 0.2) is 125 Å². The number of nitrogens with zero attached hydrogens (tertiary/aromatic N) is 3. The summed E-state index contributed by atoms with van der Waals surface area (Å²) in [6, 6.07) is 39.9. The minimum atomic E-state index is -1.89. The molecule has 0 atom stereocenters. The summed E-state index contributed by atoms with van der Waals surface area (Å²) in [5, 5.41) is 2.84. The maximum absolute atomic E-state index is 4.92. The van der Waals surface area contributed by atoms with Crippen molar-refractivity contribution in [3.05, 3.63) is 116 Å². The monoisotopic (exact) mass is 513 g/mol. The van der Waals surface area contributed by atoms with Crippen LogP contribution < -0.4 is 15.4 Å². The largest absolute Gasteiger partial charge is 0.308 e. The van der Waals surface area contributed by atoms with Crippen molar-refractivity contribution in [2.75, 3.05) is 4.90 Å². The molecule has 4 heterocycles. The number of fused-ring (bicyclic) bond motifs is 2. The molecule has 3 aromatic carbocycles. The number of para-hydroxylation sites is 1. The number of hydrogen-bond acceptors (Lipinski definition) is 4. The van der Waals surface area contributed by atoms with Crippen molar-refractivity contribution in [1.82, 2.24) is 9.97 Å². The maximum Gasteiger partial charge on any atom is 0.141 e. The number of benzene rings is 3. The molecule has 5 aromatic rings. The Morgan fingerprint density at radius 1 is 0.649 bits per heavy atom. The maximum atomic E-state index is 4.92. The van der Waals surface area contributed by atoms with Crippen LogP contribution in [0.2, 0.25) is 12.1 Å². The Morgan fingerprint density at radius 2 is 1.43 bits per heavy atom. The van der Waals surface area contributed by atoms with Crippen LogP contribution in [0.3, 0.4) is 0 Å². The second-order valence-corrected chi connectivity index (χ2v) is 15.2. The lowest BCUT2D eigenvalue weighted by Crippen LogP contribution is -2.57. The highest BCUT2D eigenvalue weighted by molar-refractivity contribution is 7.99. The Bertz CT molecular complexity index is 1570. The molecule has 0 saturated carbocycles. The number of pyridine rings is 2. The Balaban J connectivity index is 1.40. The average molecular weight is 514 g/mol. The van der Waals surface area contributed by atoms with Gasteiger partial charge in [0, 0.05) is 38.8 Å². The molecular formula is C32H27N3SSi. The van der Waals surface area contributed by atoms with E-state index in [4.69, 9.17) is 4.98 Å². The van der Waals surface area contributed by atoms with Crippen molar-refractivity contribution in [1.29, 1.82) is 0 Å². The first-order chi connectivity index (χ1) is 18.3. The van der Waals surface area contributed by atoms with Gasteiger partial charge in [0.05, 0.1) is 17.1 Å². The minimum absolute atomic E-state index is 0.991. The van der Waals surface area contributed by atoms with Gasteiger partial charge in [-0.25, -0.2) is 0 Å². The molecule has 0 bridgehead atoms. The first-order valence-corrected chi connectivity index (χ1v) is 16.2. The van der Waals surface area contributed by atoms with Crippen LogP contribution in [0.1, 0.15) is 12.8 Å². The highest BCUT2D eigenvalue weighted by atomic mass is 32.2. The molecule has 0 N–H and O–H groups in total. The van der Waals surface area contributed by atoms with E-state index in [0.717, 1.165) is 16.9 Å². The van der Waals surface area contributed by atoms with E-state index >= 15 is 0 Å². The van der Waals surface area contributed by atoms with Crippen LogP contribution in [0.4, 0.5) is 17.1 Å². The van der Waals surface area contributed by atoms with Crippen molar-refractivity contribution in [2.24, 2.45) is 0 Å². The Labute approximate surface area is 223 Å². The Morgan fingerprint density at radius 3 is 2.24 bits per heavy atom. The van der Waals surface area contributed by atoms with Gasteiger partial charge in [-0.1, -0.05) is 67.1 Å². The van der Waals surface area contributed by atoms with Gasteiger partial charge in [0.2, 0.25) is 0 Å². The van der Waals surface area contributed by atoms with E-state index in [1.807, 2.05) is 42.4 Å². The Kier molecular flexibility index (Phi) is 5.68. The van der Waals surface area contributed by atoms with Crippen molar-refractivity contribution in [2.45, 2.75) is 34.7 Å². The number of anilines is 3. The predicted molar refractivity (Wildman–Crippen MR) is 157 cm³/mol. The lowest BCUT2D eigenvalue weighted by Gasteiger charge is -2.35. The SMILES string of the molecule is c1ccc(-c2cccc(N3c4ccccc4Sc4ccc([Si]5(c6ccccn6)CCCC5)cc43)c2)nc1. The molecular weight excluding hydrogens is 487 g/mol. The average Bonchev–Trinajstić information content (AvgIpc) is 3.48. The van der Waals surface area contributed by atoms with Crippen LogP contribution >= 0.6 is 11.8 Å². The summed E-state index contributed by atoms with van der Waals surface area (Å²) in [6.45, 7) is 0. The van der Waals surface area contributed by atoms with Gasteiger partial charge >= 0.3 is 0 Å². The van der Waals surface area contributed by atoms with Gasteiger partial charge in [-0.05, 0) is 77.9 Å². The molecule has 0 aliphatic carbocycles. The van der Waals surface area contributed by atoms with E-state index < -0.39 is 8.07 Å². The number of aromatic nitrogens is 2. The number of rotatable bonds is 4. The molecule has 0 amide bonds. The summed E-state index contributed by atoms with van der Waals surface area (Å²) >= 11 is 1.87. The molecule has 1 saturated heterocycles. The predicted octanol–water partition coefficient (Wildman–Crippen LogP) is 7.43. The van der Waals surface area contributed by atoms with Gasteiger partial charge in [0.25, 0.3) is 0 Å². The summed E-state index contributed by atoms with van der Waals surface area (Å²) < 4.78 is 0. The van der Waals surface area contributed by atoms with E-state index in [1.165, 1.54) is 56.6 Å². The van der Waals surface area contributed by atoms with Crippen LogP contribution in [-0.2, 0) is 0 Å². The van der Waals surface area contributed by atoms with Gasteiger partial charge in [-0.15, -0.1) is 0 Å². The normalized spacial score (nSPS) is 15.7. The third-order valence-electron chi connectivity index (χ3n) is 7.76. The topological polar surface area (TPSA) is 29.0 Å². The molecule has 37 heavy (non-hydrogen) atoms. The van der Waals surface area contributed by atoms with Crippen molar-refractivity contribution in [3.8, 4) is 11.3 Å². The molecule has 0 radical (unpaired) electrons.